The number of nitrogens with zero attached hydrogens (tertiary/aromatic N) is 2. The van der Waals surface area contributed by atoms with Gasteiger partial charge in [-0.05, 0) is 18.4 Å². The average Bonchev–Trinajstić information content (AvgIpc) is 2.12. The standard InChI is InChI=1S/C11H18ClN3/c1-8-5-6-13-10(15-8)14-7-9(12)11(2,3)4/h5-6,9H,7H2,1-4H3,(H,13,14,15). The number of alkyl halides is 1. The Balaban J connectivity index is 2.51. The Morgan fingerprint density at radius 2 is 2.13 bits per heavy atom. The Labute approximate surface area is 96.3 Å². The van der Waals surface area contributed by atoms with Gasteiger partial charge in [-0.25, -0.2) is 9.97 Å². The lowest BCUT2D eigenvalue weighted by Crippen LogP contribution is -2.28. The Morgan fingerprint density at radius 3 is 2.67 bits per heavy atom. The van der Waals surface area contributed by atoms with Crippen molar-refractivity contribution in [2.75, 3.05) is 11.9 Å². The van der Waals surface area contributed by atoms with Crippen molar-refractivity contribution in [1.29, 1.82) is 0 Å². The number of aromatic nitrogens is 2. The summed E-state index contributed by atoms with van der Waals surface area (Å²) in [5, 5.41) is 3.19. The molecule has 0 aliphatic carbocycles. The first-order valence-electron chi connectivity index (χ1n) is 5.07. The van der Waals surface area contributed by atoms with Crippen LogP contribution in [0.1, 0.15) is 26.5 Å². The molecule has 1 heterocycles. The van der Waals surface area contributed by atoms with Crippen LogP contribution in [0.2, 0.25) is 0 Å². The highest BCUT2D eigenvalue weighted by molar-refractivity contribution is 6.21. The van der Waals surface area contributed by atoms with Crippen molar-refractivity contribution in [3.05, 3.63) is 18.0 Å². The van der Waals surface area contributed by atoms with Gasteiger partial charge in [-0.15, -0.1) is 11.6 Å². The van der Waals surface area contributed by atoms with Crippen LogP contribution in [0.3, 0.4) is 0 Å². The number of aryl methyl sites for hydroxylation is 1. The third-order valence-corrected chi connectivity index (χ3v) is 2.98. The van der Waals surface area contributed by atoms with Crippen LogP contribution >= 0.6 is 11.6 Å². The third-order valence-electron chi connectivity index (χ3n) is 2.17. The van der Waals surface area contributed by atoms with Crippen molar-refractivity contribution in [1.82, 2.24) is 9.97 Å². The summed E-state index contributed by atoms with van der Waals surface area (Å²) in [6, 6.07) is 1.87. The molecule has 0 saturated carbocycles. The molecule has 0 radical (unpaired) electrons. The van der Waals surface area contributed by atoms with E-state index >= 15 is 0 Å². The highest BCUT2D eigenvalue weighted by atomic mass is 35.5. The van der Waals surface area contributed by atoms with Gasteiger partial charge in [0.25, 0.3) is 0 Å². The van der Waals surface area contributed by atoms with E-state index in [0.717, 1.165) is 5.69 Å². The number of halogens is 1. The van der Waals surface area contributed by atoms with Crippen LogP contribution in [0, 0.1) is 12.3 Å². The highest BCUT2D eigenvalue weighted by Crippen LogP contribution is 2.24. The second kappa shape index (κ2) is 4.79. The molecular formula is C11H18ClN3. The monoisotopic (exact) mass is 227 g/mol. The van der Waals surface area contributed by atoms with Crippen LogP contribution in [0.15, 0.2) is 12.3 Å². The summed E-state index contributed by atoms with van der Waals surface area (Å²) in [6.45, 7) is 8.96. The number of hydrogen-bond donors (Lipinski definition) is 1. The normalized spacial score (nSPS) is 13.7. The predicted octanol–water partition coefficient (Wildman–Crippen LogP) is 2.85. The maximum atomic E-state index is 6.23. The van der Waals surface area contributed by atoms with Crippen LogP contribution in [0.5, 0.6) is 0 Å². The van der Waals surface area contributed by atoms with Crippen LogP contribution in [0.4, 0.5) is 5.95 Å². The zero-order valence-electron chi connectivity index (χ0n) is 9.71. The molecule has 0 aromatic carbocycles. The zero-order valence-corrected chi connectivity index (χ0v) is 10.5. The van der Waals surface area contributed by atoms with E-state index in [1.807, 2.05) is 13.0 Å². The number of nitrogens with one attached hydrogen (secondary N) is 1. The van der Waals surface area contributed by atoms with Crippen molar-refractivity contribution < 1.29 is 0 Å². The molecule has 1 N–H and O–H groups in total. The maximum absolute atomic E-state index is 6.23. The Bertz CT molecular complexity index is 320. The first kappa shape index (κ1) is 12.2. The predicted molar refractivity (Wildman–Crippen MR) is 64.4 cm³/mol. The van der Waals surface area contributed by atoms with E-state index in [4.69, 9.17) is 11.6 Å². The molecule has 15 heavy (non-hydrogen) atoms. The van der Waals surface area contributed by atoms with Crippen molar-refractivity contribution >= 4 is 17.5 Å². The van der Waals surface area contributed by atoms with Crippen LogP contribution in [0.25, 0.3) is 0 Å². The molecule has 0 bridgehead atoms. The summed E-state index contributed by atoms with van der Waals surface area (Å²) in [5.41, 5.74) is 1.03. The Hall–Kier alpha value is -0.830. The van der Waals surface area contributed by atoms with Gasteiger partial charge < -0.3 is 5.32 Å². The fourth-order valence-corrected chi connectivity index (χ4v) is 1.10. The fraction of sp³-hybridized carbons (Fsp3) is 0.636. The summed E-state index contributed by atoms with van der Waals surface area (Å²) < 4.78 is 0. The van der Waals surface area contributed by atoms with Crippen molar-refractivity contribution in [2.45, 2.75) is 33.1 Å². The van der Waals surface area contributed by atoms with Crippen LogP contribution in [-0.2, 0) is 0 Å². The molecule has 84 valence electrons. The molecule has 0 fully saturated rings. The zero-order chi connectivity index (χ0) is 11.5. The topological polar surface area (TPSA) is 37.8 Å². The molecule has 0 saturated heterocycles. The fourth-order valence-electron chi connectivity index (χ4n) is 1.02. The minimum atomic E-state index is 0.0570. The first-order chi connectivity index (χ1) is 6.89. The summed E-state index contributed by atoms with van der Waals surface area (Å²) in [6.07, 6.45) is 1.74. The molecule has 0 aliphatic rings. The van der Waals surface area contributed by atoms with Gasteiger partial charge in [0.2, 0.25) is 5.95 Å². The second-order valence-electron chi connectivity index (χ2n) is 4.74. The summed E-state index contributed by atoms with van der Waals surface area (Å²) in [7, 11) is 0. The van der Waals surface area contributed by atoms with Gasteiger partial charge in [-0.1, -0.05) is 20.8 Å². The minimum absolute atomic E-state index is 0.0570. The Kier molecular flexibility index (Phi) is 3.91. The van der Waals surface area contributed by atoms with E-state index in [2.05, 4.69) is 36.1 Å². The van der Waals surface area contributed by atoms with Gasteiger partial charge in [0.05, 0.1) is 5.38 Å². The lowest BCUT2D eigenvalue weighted by atomic mass is 9.92. The van der Waals surface area contributed by atoms with Gasteiger partial charge in [0, 0.05) is 18.4 Å². The molecule has 3 nitrogen and oxygen atoms in total. The summed E-state index contributed by atoms with van der Waals surface area (Å²) in [5.74, 6) is 0.643. The maximum Gasteiger partial charge on any atom is 0.222 e. The van der Waals surface area contributed by atoms with Gasteiger partial charge >= 0.3 is 0 Å². The van der Waals surface area contributed by atoms with Crippen molar-refractivity contribution in [3.8, 4) is 0 Å². The lowest BCUT2D eigenvalue weighted by Gasteiger charge is -2.25. The third kappa shape index (κ3) is 4.04. The van der Waals surface area contributed by atoms with E-state index in [1.165, 1.54) is 0 Å². The van der Waals surface area contributed by atoms with E-state index < -0.39 is 0 Å². The molecular weight excluding hydrogens is 210 g/mol. The van der Waals surface area contributed by atoms with Gasteiger partial charge in [0.1, 0.15) is 0 Å². The molecule has 1 atom stereocenters. The second-order valence-corrected chi connectivity index (χ2v) is 5.26. The summed E-state index contributed by atoms with van der Waals surface area (Å²) in [4.78, 5) is 8.36. The van der Waals surface area contributed by atoms with E-state index in [9.17, 15) is 0 Å². The average molecular weight is 228 g/mol. The molecule has 4 heteroatoms. The molecule has 0 spiro atoms. The molecule has 1 unspecified atom stereocenters. The largest absolute Gasteiger partial charge is 0.353 e. The number of rotatable bonds is 3. The number of hydrogen-bond acceptors (Lipinski definition) is 3. The quantitative estimate of drug-likeness (QED) is 0.807. The van der Waals surface area contributed by atoms with Gasteiger partial charge in [-0.3, -0.25) is 0 Å². The Morgan fingerprint density at radius 1 is 1.47 bits per heavy atom. The van der Waals surface area contributed by atoms with Crippen LogP contribution in [-0.4, -0.2) is 21.9 Å². The SMILES string of the molecule is Cc1ccnc(NCC(Cl)C(C)(C)C)n1. The highest BCUT2D eigenvalue weighted by Gasteiger charge is 2.21. The van der Waals surface area contributed by atoms with Crippen LogP contribution < -0.4 is 5.32 Å². The number of anilines is 1. The van der Waals surface area contributed by atoms with E-state index in [1.54, 1.807) is 6.20 Å². The molecule has 1 rings (SSSR count). The minimum Gasteiger partial charge on any atom is -0.353 e. The smallest absolute Gasteiger partial charge is 0.222 e. The molecule has 0 aliphatic heterocycles. The van der Waals surface area contributed by atoms with Crippen molar-refractivity contribution in [3.63, 3.8) is 0 Å². The van der Waals surface area contributed by atoms with Crippen molar-refractivity contribution in [2.24, 2.45) is 5.41 Å². The molecule has 1 aromatic rings. The molecule has 0 amide bonds. The van der Waals surface area contributed by atoms with E-state index in [0.29, 0.717) is 12.5 Å². The summed E-state index contributed by atoms with van der Waals surface area (Å²) >= 11 is 6.23. The van der Waals surface area contributed by atoms with E-state index in [-0.39, 0.29) is 10.8 Å². The van der Waals surface area contributed by atoms with Gasteiger partial charge in [0.15, 0.2) is 0 Å². The van der Waals surface area contributed by atoms with Gasteiger partial charge in [-0.2, -0.15) is 0 Å². The first-order valence-corrected chi connectivity index (χ1v) is 5.51. The molecule has 1 aromatic heterocycles. The lowest BCUT2D eigenvalue weighted by molar-refractivity contribution is 0.397.